The molecule has 1 aliphatic heterocycles. The van der Waals surface area contributed by atoms with Crippen molar-refractivity contribution in [3.8, 4) is 11.5 Å². The second kappa shape index (κ2) is 11.7. The Morgan fingerprint density at radius 1 is 0.525 bits per heavy atom. The summed E-state index contributed by atoms with van der Waals surface area (Å²) in [6.07, 6.45) is 5.83. The fraction of sp³-hybridized carbons (Fsp3) is 0. The molecule has 0 unspecified atom stereocenters. The van der Waals surface area contributed by atoms with Gasteiger partial charge in [-0.1, -0.05) is 48.5 Å². The van der Waals surface area contributed by atoms with Crippen LogP contribution >= 0.6 is 0 Å². The maximum Gasteiger partial charge on any atom is 0.199 e. The molecule has 8 nitrogen and oxygen atoms in total. The molecule has 0 saturated heterocycles. The number of fused-ring (bicyclic) bond motifs is 2. The van der Waals surface area contributed by atoms with Crippen LogP contribution in [0.5, 0.6) is 11.5 Å². The molecule has 0 atom stereocenters. The van der Waals surface area contributed by atoms with Gasteiger partial charge in [-0.3, -0.25) is 19.6 Å². The minimum atomic E-state index is -0.427. The number of carbonyl (C=O) groups is 2. The number of hydrogen-bond acceptors (Lipinski definition) is 8. The SMILES string of the molecule is O=C(/C1=C\Nc2ccccc2N=C/C(C(=O)c2ccccc2O)=C/Nc2ccccc2N=C1)c1ccccc1O. The zero-order valence-corrected chi connectivity index (χ0v) is 21.2. The number of aromatic hydroxyl groups is 2. The molecule has 1 heterocycles. The third-order valence-corrected chi connectivity index (χ3v) is 6.08. The number of hydrogen-bond donors (Lipinski definition) is 4. The molecule has 0 spiro atoms. The highest BCUT2D eigenvalue weighted by atomic mass is 16.3. The number of anilines is 2. The van der Waals surface area contributed by atoms with Gasteiger partial charge < -0.3 is 20.8 Å². The Morgan fingerprint density at radius 3 is 1.32 bits per heavy atom. The highest BCUT2D eigenvalue weighted by Crippen LogP contribution is 2.29. The summed E-state index contributed by atoms with van der Waals surface area (Å²) in [4.78, 5) is 35.9. The van der Waals surface area contributed by atoms with E-state index >= 15 is 0 Å². The number of Topliss-reactive ketones (excluding diaryl/α,β-unsaturated/α-hetero) is 2. The number of carbonyl (C=O) groups excluding carboxylic acids is 2. The number of phenols is 2. The molecule has 196 valence electrons. The highest BCUT2D eigenvalue weighted by molar-refractivity contribution is 6.23. The van der Waals surface area contributed by atoms with Gasteiger partial charge in [-0.05, 0) is 48.5 Å². The first-order valence-electron chi connectivity index (χ1n) is 12.4. The first kappa shape index (κ1) is 25.9. The summed E-state index contributed by atoms with van der Waals surface area (Å²) in [5.74, 6) is -1.13. The molecule has 1 aliphatic rings. The molecule has 4 N–H and O–H groups in total. The van der Waals surface area contributed by atoms with Crippen LogP contribution in [0.25, 0.3) is 0 Å². The Bertz CT molecular complexity index is 1590. The fourth-order valence-corrected chi connectivity index (χ4v) is 3.97. The Morgan fingerprint density at radius 2 is 0.900 bits per heavy atom. The number of allylic oxidation sites excluding steroid dienone is 2. The van der Waals surface area contributed by atoms with Crippen LogP contribution in [-0.2, 0) is 0 Å². The van der Waals surface area contributed by atoms with Crippen molar-refractivity contribution in [3.63, 3.8) is 0 Å². The molecular formula is C32H24N4O4. The van der Waals surface area contributed by atoms with Gasteiger partial charge in [0, 0.05) is 24.8 Å². The van der Waals surface area contributed by atoms with Crippen molar-refractivity contribution in [2.24, 2.45) is 9.98 Å². The van der Waals surface area contributed by atoms with E-state index < -0.39 is 11.6 Å². The summed E-state index contributed by atoms with van der Waals surface area (Å²) in [6.45, 7) is 0. The van der Waals surface area contributed by atoms with E-state index in [1.807, 2.05) is 0 Å². The number of phenolic OH excluding ortho intramolecular Hbond substituents is 2. The number of nitrogens with zero attached hydrogens (tertiary/aromatic N) is 2. The summed E-state index contributed by atoms with van der Waals surface area (Å²) in [6, 6.07) is 26.9. The van der Waals surface area contributed by atoms with E-state index in [0.29, 0.717) is 22.7 Å². The van der Waals surface area contributed by atoms with E-state index in [9.17, 15) is 19.8 Å². The number of ketones is 2. The molecule has 4 aromatic rings. The summed E-state index contributed by atoms with van der Waals surface area (Å²) in [5.41, 5.74) is 2.78. The predicted octanol–water partition coefficient (Wildman–Crippen LogP) is 6.57. The van der Waals surface area contributed by atoms with Crippen molar-refractivity contribution in [3.05, 3.63) is 132 Å². The summed E-state index contributed by atoms with van der Waals surface area (Å²) in [7, 11) is 0. The molecular weight excluding hydrogens is 504 g/mol. The van der Waals surface area contributed by atoms with Crippen molar-refractivity contribution in [1.82, 2.24) is 0 Å². The van der Waals surface area contributed by atoms with Gasteiger partial charge in [0.15, 0.2) is 11.6 Å². The van der Waals surface area contributed by atoms with Gasteiger partial charge in [0.05, 0.1) is 45.0 Å². The summed E-state index contributed by atoms with van der Waals surface area (Å²) in [5, 5.41) is 26.8. The zero-order valence-electron chi connectivity index (χ0n) is 21.2. The number of para-hydroxylation sites is 6. The highest BCUT2D eigenvalue weighted by Gasteiger charge is 2.17. The predicted molar refractivity (Wildman–Crippen MR) is 157 cm³/mol. The van der Waals surface area contributed by atoms with E-state index in [4.69, 9.17) is 0 Å². The number of nitrogens with one attached hydrogen (secondary N) is 2. The van der Waals surface area contributed by atoms with E-state index in [1.165, 1.54) is 37.0 Å². The third-order valence-electron chi connectivity index (χ3n) is 6.08. The summed E-state index contributed by atoms with van der Waals surface area (Å²) < 4.78 is 0. The van der Waals surface area contributed by atoms with Gasteiger partial charge in [0.2, 0.25) is 0 Å². The minimum Gasteiger partial charge on any atom is -0.507 e. The quantitative estimate of drug-likeness (QED) is 0.222. The van der Waals surface area contributed by atoms with Crippen LogP contribution in [0, 0.1) is 0 Å². The first-order chi connectivity index (χ1) is 19.5. The average molecular weight is 529 g/mol. The molecule has 40 heavy (non-hydrogen) atoms. The van der Waals surface area contributed by atoms with Crippen molar-refractivity contribution < 1.29 is 19.8 Å². The van der Waals surface area contributed by atoms with Crippen LogP contribution in [0.15, 0.2) is 131 Å². The lowest BCUT2D eigenvalue weighted by Crippen LogP contribution is -2.09. The Hall–Kier alpha value is -5.76. The topological polar surface area (TPSA) is 123 Å². The summed E-state index contributed by atoms with van der Waals surface area (Å²) >= 11 is 0. The van der Waals surface area contributed by atoms with E-state index in [-0.39, 0.29) is 33.8 Å². The Kier molecular flexibility index (Phi) is 7.60. The normalized spacial score (nSPS) is 15.5. The standard InChI is InChI=1S/C32H24N4O4/c37-29-15-7-1-9-23(29)31(39)21-17-33-25-11-3-5-13-27(25)35-19-22(32(40)24-10-2-8-16-30(24)38)20-36-28-14-6-4-12-26(28)34-18-21/h1-20,33,36-38H/b21-17-,22-20-,34-18?,35-19?. The Labute approximate surface area is 230 Å². The lowest BCUT2D eigenvalue weighted by Gasteiger charge is -2.11. The van der Waals surface area contributed by atoms with Gasteiger partial charge in [-0.25, -0.2) is 0 Å². The second-order valence-corrected chi connectivity index (χ2v) is 8.73. The maximum absolute atomic E-state index is 13.4. The molecule has 0 aromatic heterocycles. The fourth-order valence-electron chi connectivity index (χ4n) is 3.97. The molecule has 0 amide bonds. The Balaban J connectivity index is 1.62. The molecule has 0 fully saturated rings. The molecule has 5 rings (SSSR count). The van der Waals surface area contributed by atoms with Crippen LogP contribution in [0.3, 0.4) is 0 Å². The maximum atomic E-state index is 13.4. The van der Waals surface area contributed by atoms with Crippen LogP contribution in [0.1, 0.15) is 20.7 Å². The van der Waals surface area contributed by atoms with Crippen LogP contribution < -0.4 is 10.6 Å². The van der Waals surface area contributed by atoms with Gasteiger partial charge in [-0.15, -0.1) is 0 Å². The smallest absolute Gasteiger partial charge is 0.199 e. The van der Waals surface area contributed by atoms with Crippen molar-refractivity contribution >= 4 is 46.7 Å². The molecule has 0 radical (unpaired) electrons. The third kappa shape index (κ3) is 5.71. The van der Waals surface area contributed by atoms with Crippen molar-refractivity contribution in [1.29, 1.82) is 0 Å². The van der Waals surface area contributed by atoms with Crippen LogP contribution in [0.2, 0.25) is 0 Å². The molecule has 4 aromatic carbocycles. The van der Waals surface area contributed by atoms with E-state index in [0.717, 1.165) is 0 Å². The number of benzene rings is 4. The number of aliphatic imine (C=N–C) groups is 2. The lowest BCUT2D eigenvalue weighted by molar-refractivity contribution is 0.103. The second-order valence-electron chi connectivity index (χ2n) is 8.73. The number of rotatable bonds is 4. The van der Waals surface area contributed by atoms with Gasteiger partial charge in [-0.2, -0.15) is 0 Å². The lowest BCUT2D eigenvalue weighted by atomic mass is 10.0. The minimum absolute atomic E-state index is 0.135. The van der Waals surface area contributed by atoms with Crippen LogP contribution in [-0.4, -0.2) is 34.2 Å². The van der Waals surface area contributed by atoms with Gasteiger partial charge in [0.1, 0.15) is 11.5 Å². The van der Waals surface area contributed by atoms with E-state index in [1.54, 1.807) is 84.9 Å². The van der Waals surface area contributed by atoms with Crippen molar-refractivity contribution in [2.45, 2.75) is 0 Å². The van der Waals surface area contributed by atoms with E-state index in [2.05, 4.69) is 20.6 Å². The van der Waals surface area contributed by atoms with Crippen molar-refractivity contribution in [2.75, 3.05) is 10.6 Å². The molecule has 0 bridgehead atoms. The van der Waals surface area contributed by atoms with Gasteiger partial charge in [0.25, 0.3) is 0 Å². The van der Waals surface area contributed by atoms with Crippen LogP contribution in [0.4, 0.5) is 22.7 Å². The molecule has 0 aliphatic carbocycles. The average Bonchev–Trinajstić information content (AvgIpc) is 2.98. The molecule has 8 heteroatoms. The monoisotopic (exact) mass is 528 g/mol. The first-order valence-corrected chi connectivity index (χ1v) is 12.4. The largest absolute Gasteiger partial charge is 0.507 e. The van der Waals surface area contributed by atoms with Gasteiger partial charge >= 0.3 is 0 Å². The zero-order chi connectivity index (χ0) is 27.9. The molecule has 0 saturated carbocycles.